The number of amides is 2. The van der Waals surface area contributed by atoms with Crippen molar-refractivity contribution in [1.82, 2.24) is 35.4 Å². The van der Waals surface area contributed by atoms with Gasteiger partial charge in [0, 0.05) is 51.2 Å². The molecule has 0 radical (unpaired) electrons. The zero-order valence-electron chi connectivity index (χ0n) is 13.8. The molecule has 1 aliphatic heterocycles. The van der Waals surface area contributed by atoms with Crippen LogP contribution in [-0.4, -0.2) is 60.7 Å². The van der Waals surface area contributed by atoms with Crippen molar-refractivity contribution < 1.29 is 9.59 Å². The Morgan fingerprint density at radius 3 is 2.92 bits per heavy atom. The lowest BCUT2D eigenvalue weighted by Gasteiger charge is -2.16. The fraction of sp³-hybridized carbons (Fsp3) is 0.467. The number of rotatable bonds is 7. The predicted octanol–water partition coefficient (Wildman–Crippen LogP) is -0.138. The Hall–Kier alpha value is -2.49. The van der Waals surface area contributed by atoms with Gasteiger partial charge in [0.25, 0.3) is 0 Å². The molecule has 0 aliphatic carbocycles. The van der Waals surface area contributed by atoms with Crippen molar-refractivity contribution in [2.75, 3.05) is 18.8 Å². The van der Waals surface area contributed by atoms with Crippen LogP contribution in [0.1, 0.15) is 12.0 Å². The number of nitrogens with one attached hydrogen (secondary N) is 1. The highest BCUT2D eigenvalue weighted by molar-refractivity contribution is 7.99. The van der Waals surface area contributed by atoms with E-state index >= 15 is 0 Å². The first-order chi connectivity index (χ1) is 12.1. The maximum Gasteiger partial charge on any atom is 0.225 e. The van der Waals surface area contributed by atoms with Gasteiger partial charge in [-0.25, -0.2) is 4.68 Å². The number of hydrogen-bond acceptors (Lipinski definition) is 7. The minimum Gasteiger partial charge on any atom is -0.355 e. The van der Waals surface area contributed by atoms with Crippen molar-refractivity contribution in [3.05, 3.63) is 30.1 Å². The highest BCUT2D eigenvalue weighted by atomic mass is 32.2. The first kappa shape index (κ1) is 17.3. The van der Waals surface area contributed by atoms with Crippen molar-refractivity contribution in [3.8, 4) is 0 Å². The molecule has 2 amide bonds. The van der Waals surface area contributed by atoms with Gasteiger partial charge in [0.05, 0.1) is 5.92 Å². The molecule has 1 saturated heterocycles. The molecule has 0 bridgehead atoms. The normalized spacial score (nSPS) is 17.1. The van der Waals surface area contributed by atoms with E-state index in [9.17, 15) is 9.59 Å². The van der Waals surface area contributed by atoms with Crippen LogP contribution < -0.4 is 5.32 Å². The number of tetrazole rings is 1. The van der Waals surface area contributed by atoms with Gasteiger partial charge in [0.1, 0.15) is 0 Å². The molecule has 3 heterocycles. The molecule has 1 N–H and O–H groups in total. The summed E-state index contributed by atoms with van der Waals surface area (Å²) >= 11 is 1.47. The summed E-state index contributed by atoms with van der Waals surface area (Å²) in [6, 6.07) is 3.75. The van der Waals surface area contributed by atoms with Crippen LogP contribution in [0.15, 0.2) is 29.7 Å². The summed E-state index contributed by atoms with van der Waals surface area (Å²) in [5.74, 6) is 0.302. The summed E-state index contributed by atoms with van der Waals surface area (Å²) in [5.41, 5.74) is 1.01. The Balaban J connectivity index is 1.42. The predicted molar refractivity (Wildman–Crippen MR) is 90.3 cm³/mol. The van der Waals surface area contributed by atoms with Gasteiger partial charge >= 0.3 is 0 Å². The molecule has 1 atom stereocenters. The van der Waals surface area contributed by atoms with Crippen LogP contribution in [0.4, 0.5) is 0 Å². The third-order valence-corrected chi connectivity index (χ3v) is 4.93. The Morgan fingerprint density at radius 2 is 2.20 bits per heavy atom. The van der Waals surface area contributed by atoms with Crippen LogP contribution in [-0.2, 0) is 23.2 Å². The van der Waals surface area contributed by atoms with E-state index in [0.717, 1.165) is 5.56 Å². The van der Waals surface area contributed by atoms with Crippen LogP contribution in [0.2, 0.25) is 0 Å². The standard InChI is InChI=1S/C15H19N7O2S/c1-21-15(18-19-20-21)25-7-6-17-14(24)12-8-13(23)22(10-12)9-11-2-4-16-5-3-11/h2-5,12H,6-10H2,1H3,(H,17,24). The Kier molecular flexibility index (Phi) is 5.59. The van der Waals surface area contributed by atoms with E-state index in [0.29, 0.717) is 30.5 Å². The summed E-state index contributed by atoms with van der Waals surface area (Å²) in [5, 5.41) is 14.8. The number of carbonyl (C=O) groups excluding carboxylic acids is 2. The number of carbonyl (C=O) groups is 2. The average Bonchev–Trinajstić information content (AvgIpc) is 3.18. The number of aromatic nitrogens is 5. The second kappa shape index (κ2) is 8.06. The van der Waals surface area contributed by atoms with Gasteiger partial charge in [-0.05, 0) is 28.1 Å². The molecule has 9 nitrogen and oxygen atoms in total. The summed E-state index contributed by atoms with van der Waals surface area (Å²) in [6.07, 6.45) is 3.66. The Labute approximate surface area is 149 Å². The quantitative estimate of drug-likeness (QED) is 0.540. The van der Waals surface area contributed by atoms with Gasteiger partial charge < -0.3 is 10.2 Å². The summed E-state index contributed by atoms with van der Waals surface area (Å²) in [4.78, 5) is 30.1. The SMILES string of the molecule is Cn1nnnc1SCCNC(=O)C1CC(=O)N(Cc2ccncc2)C1. The average molecular weight is 361 g/mol. The smallest absolute Gasteiger partial charge is 0.225 e. The lowest BCUT2D eigenvalue weighted by molar-refractivity contribution is -0.129. The highest BCUT2D eigenvalue weighted by Gasteiger charge is 2.33. The molecule has 2 aromatic heterocycles. The first-order valence-corrected chi connectivity index (χ1v) is 8.91. The molecule has 3 rings (SSSR count). The number of nitrogens with zero attached hydrogens (tertiary/aromatic N) is 6. The molecular formula is C15H19N7O2S. The van der Waals surface area contributed by atoms with E-state index in [-0.39, 0.29) is 24.2 Å². The molecule has 0 aromatic carbocycles. The van der Waals surface area contributed by atoms with Crippen LogP contribution >= 0.6 is 11.8 Å². The monoisotopic (exact) mass is 361 g/mol. The fourth-order valence-electron chi connectivity index (χ4n) is 2.61. The first-order valence-electron chi connectivity index (χ1n) is 7.93. The molecular weight excluding hydrogens is 342 g/mol. The van der Waals surface area contributed by atoms with Crippen molar-refractivity contribution in [3.63, 3.8) is 0 Å². The molecule has 0 saturated carbocycles. The van der Waals surface area contributed by atoms with E-state index in [1.807, 2.05) is 12.1 Å². The number of thioether (sulfide) groups is 1. The van der Waals surface area contributed by atoms with E-state index in [1.54, 1.807) is 29.0 Å². The van der Waals surface area contributed by atoms with Crippen molar-refractivity contribution in [2.45, 2.75) is 18.1 Å². The third kappa shape index (κ3) is 4.53. The molecule has 10 heteroatoms. The van der Waals surface area contributed by atoms with Crippen LogP contribution in [0.25, 0.3) is 0 Å². The largest absolute Gasteiger partial charge is 0.355 e. The number of pyridine rings is 1. The van der Waals surface area contributed by atoms with Crippen LogP contribution in [0, 0.1) is 5.92 Å². The van der Waals surface area contributed by atoms with Crippen LogP contribution in [0.5, 0.6) is 0 Å². The zero-order valence-corrected chi connectivity index (χ0v) is 14.6. The third-order valence-electron chi connectivity index (χ3n) is 3.92. The van der Waals surface area contributed by atoms with Crippen molar-refractivity contribution in [2.24, 2.45) is 13.0 Å². The number of likely N-dealkylation sites (tertiary alicyclic amines) is 1. The van der Waals surface area contributed by atoms with E-state index < -0.39 is 0 Å². The second-order valence-electron chi connectivity index (χ2n) is 5.76. The number of aryl methyl sites for hydroxylation is 1. The van der Waals surface area contributed by atoms with Crippen molar-refractivity contribution >= 4 is 23.6 Å². The van der Waals surface area contributed by atoms with E-state index in [1.165, 1.54) is 11.8 Å². The van der Waals surface area contributed by atoms with Gasteiger partial charge in [0.2, 0.25) is 17.0 Å². The highest BCUT2D eigenvalue weighted by Crippen LogP contribution is 2.20. The fourth-order valence-corrected chi connectivity index (χ4v) is 3.32. The van der Waals surface area contributed by atoms with Crippen molar-refractivity contribution in [1.29, 1.82) is 0 Å². The Morgan fingerprint density at radius 1 is 1.40 bits per heavy atom. The van der Waals surface area contributed by atoms with Crippen LogP contribution in [0.3, 0.4) is 0 Å². The maximum absolute atomic E-state index is 12.3. The van der Waals surface area contributed by atoms with Gasteiger partial charge in [-0.1, -0.05) is 11.8 Å². The zero-order chi connectivity index (χ0) is 17.6. The van der Waals surface area contributed by atoms with Gasteiger partial charge in [-0.3, -0.25) is 14.6 Å². The van der Waals surface area contributed by atoms with Gasteiger partial charge in [0.15, 0.2) is 0 Å². The van der Waals surface area contributed by atoms with Gasteiger partial charge in [-0.15, -0.1) is 5.10 Å². The van der Waals surface area contributed by atoms with Gasteiger partial charge in [-0.2, -0.15) is 0 Å². The summed E-state index contributed by atoms with van der Waals surface area (Å²) in [6.45, 7) is 1.47. The number of hydrogen-bond donors (Lipinski definition) is 1. The maximum atomic E-state index is 12.3. The minimum absolute atomic E-state index is 0.0106. The lowest BCUT2D eigenvalue weighted by atomic mass is 10.1. The molecule has 2 aromatic rings. The summed E-state index contributed by atoms with van der Waals surface area (Å²) < 4.78 is 1.58. The molecule has 1 unspecified atom stereocenters. The molecule has 1 aliphatic rings. The molecule has 0 spiro atoms. The molecule has 1 fully saturated rings. The summed E-state index contributed by atoms with van der Waals surface area (Å²) in [7, 11) is 1.77. The second-order valence-corrected chi connectivity index (χ2v) is 6.82. The van der Waals surface area contributed by atoms with E-state index in [2.05, 4.69) is 25.8 Å². The molecule has 25 heavy (non-hydrogen) atoms. The lowest BCUT2D eigenvalue weighted by Crippen LogP contribution is -2.34. The molecule has 132 valence electrons. The van der Waals surface area contributed by atoms with E-state index in [4.69, 9.17) is 0 Å². The Bertz CT molecular complexity index is 736. The minimum atomic E-state index is -0.296. The topological polar surface area (TPSA) is 106 Å².